The highest BCUT2D eigenvalue weighted by Crippen LogP contribution is 2.56. The molecule has 1 fully saturated rings. The fourth-order valence-electron chi connectivity index (χ4n) is 9.06. The van der Waals surface area contributed by atoms with Crippen LogP contribution in [0.4, 0.5) is 0 Å². The normalized spacial score (nSPS) is 14.1. The van der Waals surface area contributed by atoms with Crippen LogP contribution < -0.4 is 0 Å². The Labute approximate surface area is 317 Å². The van der Waals surface area contributed by atoms with Gasteiger partial charge in [0.15, 0.2) is 5.82 Å². The maximum absolute atomic E-state index is 5.16. The second-order valence-corrected chi connectivity index (χ2v) is 14.8. The van der Waals surface area contributed by atoms with Crippen LogP contribution in [-0.4, -0.2) is 9.97 Å². The Kier molecular flexibility index (Phi) is 8.10. The monoisotopic (exact) mass is 692 g/mol. The summed E-state index contributed by atoms with van der Waals surface area (Å²) in [6.07, 6.45) is 6.47. The summed E-state index contributed by atoms with van der Waals surface area (Å²) in [5.74, 6) is 0.710. The Balaban J connectivity index is 1.07. The lowest BCUT2D eigenvalue weighted by molar-refractivity contribution is 0.353. The molecule has 0 radical (unpaired) electrons. The molecule has 258 valence electrons. The van der Waals surface area contributed by atoms with E-state index in [-0.39, 0.29) is 5.41 Å². The molecule has 54 heavy (non-hydrogen) atoms. The van der Waals surface area contributed by atoms with E-state index in [2.05, 4.69) is 170 Å². The summed E-state index contributed by atoms with van der Waals surface area (Å²) in [6, 6.07) is 65.7. The Morgan fingerprint density at radius 2 is 0.815 bits per heavy atom. The number of nitrogens with zero attached hydrogens (tertiary/aromatic N) is 2. The number of fused-ring (bicyclic) bond motifs is 5. The van der Waals surface area contributed by atoms with Crippen LogP contribution in [0.3, 0.4) is 0 Å². The van der Waals surface area contributed by atoms with Gasteiger partial charge in [0, 0.05) is 22.1 Å². The van der Waals surface area contributed by atoms with E-state index in [4.69, 9.17) is 9.97 Å². The molecule has 0 aliphatic heterocycles. The quantitative estimate of drug-likeness (QED) is 0.173. The summed E-state index contributed by atoms with van der Waals surface area (Å²) in [4.78, 5) is 10.3. The maximum atomic E-state index is 5.16. The summed E-state index contributed by atoms with van der Waals surface area (Å²) in [5.41, 5.74) is 18.2. The molecular formula is C52H40N2. The van der Waals surface area contributed by atoms with Crippen molar-refractivity contribution >= 4 is 0 Å². The Bertz CT molecular complexity index is 2540. The molecule has 8 aromatic rings. The molecule has 2 aliphatic carbocycles. The molecule has 1 aromatic heterocycles. The first kappa shape index (κ1) is 32.3. The lowest BCUT2D eigenvalue weighted by Gasteiger charge is -2.36. The average Bonchev–Trinajstić information content (AvgIpc) is 3.52. The smallest absolute Gasteiger partial charge is 0.160 e. The number of aromatic nitrogens is 2. The Morgan fingerprint density at radius 3 is 1.48 bits per heavy atom. The third kappa shape index (κ3) is 5.67. The standard InChI is InChI=1S/C52H40N2/c1-5-15-37(16-6-1)43-29-27-42(51-53-49(39-17-7-2-8-18-39)35-50(54-51)40-19-9-3-10-20-40)34-45(43)38-25-23-36(24-26-38)41-28-30-48-46(33-41)44-21-11-12-22-47(44)52(48)31-13-4-14-32-52/h1-3,5-12,15-30,33-35H,4,13-14,31-32H2. The van der Waals surface area contributed by atoms with Crippen molar-refractivity contribution in [1.29, 1.82) is 0 Å². The van der Waals surface area contributed by atoms with Crippen molar-refractivity contribution < 1.29 is 0 Å². The summed E-state index contributed by atoms with van der Waals surface area (Å²) >= 11 is 0. The van der Waals surface area contributed by atoms with Crippen LogP contribution in [-0.2, 0) is 5.41 Å². The summed E-state index contributed by atoms with van der Waals surface area (Å²) in [6.45, 7) is 0. The minimum absolute atomic E-state index is 0.178. The predicted molar refractivity (Wildman–Crippen MR) is 224 cm³/mol. The molecule has 0 bridgehead atoms. The van der Waals surface area contributed by atoms with Gasteiger partial charge in [-0.1, -0.05) is 183 Å². The van der Waals surface area contributed by atoms with E-state index in [0.29, 0.717) is 5.82 Å². The van der Waals surface area contributed by atoms with Gasteiger partial charge in [-0.05, 0) is 86.7 Å². The number of rotatable bonds is 6. The molecule has 0 atom stereocenters. The van der Waals surface area contributed by atoms with Gasteiger partial charge in [-0.2, -0.15) is 0 Å². The van der Waals surface area contributed by atoms with Crippen LogP contribution in [0.2, 0.25) is 0 Å². The van der Waals surface area contributed by atoms with E-state index in [1.54, 1.807) is 0 Å². The molecule has 2 aliphatic rings. The fraction of sp³-hybridized carbons (Fsp3) is 0.115. The largest absolute Gasteiger partial charge is 0.228 e. The van der Waals surface area contributed by atoms with Gasteiger partial charge >= 0.3 is 0 Å². The Hall–Kier alpha value is -6.38. The highest BCUT2D eigenvalue weighted by atomic mass is 14.9. The van der Waals surface area contributed by atoms with Gasteiger partial charge < -0.3 is 0 Å². The van der Waals surface area contributed by atoms with E-state index >= 15 is 0 Å². The van der Waals surface area contributed by atoms with Crippen LogP contribution in [0.1, 0.15) is 43.2 Å². The zero-order valence-electron chi connectivity index (χ0n) is 30.3. The van der Waals surface area contributed by atoms with Crippen molar-refractivity contribution in [2.45, 2.75) is 37.5 Å². The second-order valence-electron chi connectivity index (χ2n) is 14.8. The van der Waals surface area contributed by atoms with E-state index in [1.807, 2.05) is 12.1 Å². The van der Waals surface area contributed by atoms with Crippen LogP contribution in [0.15, 0.2) is 182 Å². The third-order valence-corrected chi connectivity index (χ3v) is 11.7. The minimum atomic E-state index is 0.178. The van der Waals surface area contributed by atoms with Gasteiger partial charge in [0.1, 0.15) is 0 Å². The second kappa shape index (κ2) is 13.5. The average molecular weight is 693 g/mol. The maximum Gasteiger partial charge on any atom is 0.160 e. The number of benzene rings is 7. The first-order chi connectivity index (χ1) is 26.7. The van der Waals surface area contributed by atoms with Gasteiger partial charge in [0.25, 0.3) is 0 Å². The van der Waals surface area contributed by atoms with Crippen molar-refractivity contribution in [2.24, 2.45) is 0 Å². The predicted octanol–water partition coefficient (Wildman–Crippen LogP) is 13.7. The van der Waals surface area contributed by atoms with Crippen molar-refractivity contribution in [3.8, 4) is 78.4 Å². The zero-order chi connectivity index (χ0) is 35.9. The Morgan fingerprint density at radius 1 is 0.315 bits per heavy atom. The minimum Gasteiger partial charge on any atom is -0.228 e. The van der Waals surface area contributed by atoms with Crippen LogP contribution in [0, 0.1) is 0 Å². The van der Waals surface area contributed by atoms with Gasteiger partial charge in [-0.25, -0.2) is 9.97 Å². The molecule has 7 aromatic carbocycles. The third-order valence-electron chi connectivity index (χ3n) is 11.7. The zero-order valence-corrected chi connectivity index (χ0v) is 30.3. The van der Waals surface area contributed by atoms with Crippen molar-refractivity contribution in [1.82, 2.24) is 9.97 Å². The molecule has 1 heterocycles. The summed E-state index contributed by atoms with van der Waals surface area (Å²) in [5, 5.41) is 0. The van der Waals surface area contributed by atoms with E-state index < -0.39 is 0 Å². The molecule has 2 heteroatoms. The molecule has 1 saturated carbocycles. The van der Waals surface area contributed by atoms with Crippen LogP contribution in [0.25, 0.3) is 78.4 Å². The topological polar surface area (TPSA) is 25.8 Å². The number of hydrogen-bond donors (Lipinski definition) is 0. The lowest BCUT2D eigenvalue weighted by atomic mass is 9.68. The first-order valence-electron chi connectivity index (χ1n) is 19.3. The molecule has 0 N–H and O–H groups in total. The van der Waals surface area contributed by atoms with Crippen LogP contribution in [0.5, 0.6) is 0 Å². The lowest BCUT2D eigenvalue weighted by Crippen LogP contribution is -2.27. The van der Waals surface area contributed by atoms with Gasteiger partial charge in [0.05, 0.1) is 11.4 Å². The highest BCUT2D eigenvalue weighted by Gasteiger charge is 2.43. The van der Waals surface area contributed by atoms with E-state index in [0.717, 1.165) is 39.2 Å². The molecule has 1 spiro atoms. The van der Waals surface area contributed by atoms with Crippen molar-refractivity contribution in [3.05, 3.63) is 193 Å². The molecule has 2 nitrogen and oxygen atoms in total. The van der Waals surface area contributed by atoms with Crippen LogP contribution >= 0.6 is 0 Å². The highest BCUT2D eigenvalue weighted by molar-refractivity contribution is 5.89. The van der Waals surface area contributed by atoms with Gasteiger partial charge in [-0.3, -0.25) is 0 Å². The molecule has 10 rings (SSSR count). The van der Waals surface area contributed by atoms with E-state index in [1.165, 1.54) is 76.6 Å². The SMILES string of the molecule is c1ccc(-c2cc(-c3ccccc3)nc(-c3ccc(-c4ccccc4)c(-c4ccc(-c5ccc6c(c5)-c5ccccc5C65CCCCC5)cc4)c3)n2)cc1. The molecule has 0 unspecified atom stereocenters. The molecular weight excluding hydrogens is 653 g/mol. The van der Waals surface area contributed by atoms with E-state index in [9.17, 15) is 0 Å². The first-order valence-corrected chi connectivity index (χ1v) is 19.3. The van der Waals surface area contributed by atoms with Crippen molar-refractivity contribution in [3.63, 3.8) is 0 Å². The van der Waals surface area contributed by atoms with Gasteiger partial charge in [-0.15, -0.1) is 0 Å². The molecule has 0 amide bonds. The number of hydrogen-bond acceptors (Lipinski definition) is 2. The van der Waals surface area contributed by atoms with Gasteiger partial charge in [0.2, 0.25) is 0 Å². The summed E-state index contributed by atoms with van der Waals surface area (Å²) in [7, 11) is 0. The molecule has 0 saturated heterocycles. The summed E-state index contributed by atoms with van der Waals surface area (Å²) < 4.78 is 0. The fourth-order valence-corrected chi connectivity index (χ4v) is 9.06. The van der Waals surface area contributed by atoms with Crippen molar-refractivity contribution in [2.75, 3.05) is 0 Å².